The van der Waals surface area contributed by atoms with Crippen LogP contribution in [0.4, 0.5) is 0 Å². The minimum absolute atomic E-state index is 0.0252. The van der Waals surface area contributed by atoms with Crippen LogP contribution in [0.2, 0.25) is 0 Å². The van der Waals surface area contributed by atoms with E-state index in [4.69, 9.17) is 19.2 Å². The van der Waals surface area contributed by atoms with E-state index in [2.05, 4.69) is 0 Å². The highest BCUT2D eigenvalue weighted by Gasteiger charge is 2.45. The Morgan fingerprint density at radius 3 is 2.72 bits per heavy atom. The predicted octanol–water partition coefficient (Wildman–Crippen LogP) is 2.88. The van der Waals surface area contributed by atoms with Crippen LogP contribution in [0.15, 0.2) is 29.1 Å². The first-order valence-electron chi connectivity index (χ1n) is 10.6. The van der Waals surface area contributed by atoms with Gasteiger partial charge in [0, 0.05) is 16.5 Å². The largest absolute Gasteiger partial charge is 0.496 e. The smallest absolute Gasteiger partial charge is 0.343 e. The number of carbonyl (C=O) groups is 1. The zero-order valence-corrected chi connectivity index (χ0v) is 18.4. The van der Waals surface area contributed by atoms with Gasteiger partial charge in [0.05, 0.1) is 42.2 Å². The summed E-state index contributed by atoms with van der Waals surface area (Å²) < 4.78 is 18.3. The monoisotopic (exact) mass is 436 g/mol. The molecule has 2 aliphatic rings. The van der Waals surface area contributed by atoms with E-state index in [1.165, 1.54) is 0 Å². The van der Waals surface area contributed by atoms with Crippen molar-refractivity contribution in [1.82, 2.24) is 9.55 Å². The standard InChI is InChI=1S/C24H24N2O6/c1-5-24(29)17-9-19-20-15(10-26(19)22(27)16(17)11-31-23(24)28)21(30-4)14-8-13(32-12(2)3)6-7-18(14)25-20/h6-9,12,29H,5,10-11H2,1-4H3/t24-/m0/s1. The number of fused-ring (bicyclic) bond motifs is 5. The molecule has 0 bridgehead atoms. The molecule has 8 heteroatoms. The Morgan fingerprint density at radius 1 is 1.25 bits per heavy atom. The first-order valence-corrected chi connectivity index (χ1v) is 10.6. The zero-order chi connectivity index (χ0) is 22.8. The summed E-state index contributed by atoms with van der Waals surface area (Å²) in [7, 11) is 1.59. The number of rotatable bonds is 4. The molecule has 0 amide bonds. The molecule has 4 heterocycles. The number of cyclic esters (lactones) is 1. The quantitative estimate of drug-likeness (QED) is 0.491. The second-order valence-electron chi connectivity index (χ2n) is 8.42. The van der Waals surface area contributed by atoms with Crippen molar-refractivity contribution in [3.8, 4) is 22.9 Å². The summed E-state index contributed by atoms with van der Waals surface area (Å²) in [4.78, 5) is 30.5. The molecule has 166 valence electrons. The van der Waals surface area contributed by atoms with Gasteiger partial charge in [0.2, 0.25) is 0 Å². The van der Waals surface area contributed by atoms with Crippen molar-refractivity contribution in [1.29, 1.82) is 0 Å². The lowest BCUT2D eigenvalue weighted by molar-refractivity contribution is -0.172. The van der Waals surface area contributed by atoms with Gasteiger partial charge in [-0.3, -0.25) is 4.79 Å². The molecule has 1 atom stereocenters. The summed E-state index contributed by atoms with van der Waals surface area (Å²) in [5.74, 6) is 0.592. The Hall–Kier alpha value is -3.39. The van der Waals surface area contributed by atoms with Gasteiger partial charge in [-0.1, -0.05) is 6.92 Å². The summed E-state index contributed by atoms with van der Waals surface area (Å²) in [6, 6.07) is 7.29. The number of aliphatic hydroxyl groups is 1. The lowest BCUT2D eigenvalue weighted by atomic mass is 9.86. The van der Waals surface area contributed by atoms with Crippen molar-refractivity contribution in [2.75, 3.05) is 7.11 Å². The molecule has 0 radical (unpaired) electrons. The van der Waals surface area contributed by atoms with Crippen LogP contribution >= 0.6 is 0 Å². The molecular weight excluding hydrogens is 412 g/mol. The summed E-state index contributed by atoms with van der Waals surface area (Å²) in [5, 5.41) is 11.8. The van der Waals surface area contributed by atoms with E-state index in [0.29, 0.717) is 39.5 Å². The van der Waals surface area contributed by atoms with Gasteiger partial charge in [-0.25, -0.2) is 9.78 Å². The normalized spacial score (nSPS) is 18.9. The van der Waals surface area contributed by atoms with E-state index in [9.17, 15) is 14.7 Å². The van der Waals surface area contributed by atoms with Gasteiger partial charge in [-0.15, -0.1) is 0 Å². The average molecular weight is 436 g/mol. The highest BCUT2D eigenvalue weighted by Crippen LogP contribution is 2.43. The van der Waals surface area contributed by atoms with Crippen LogP contribution in [-0.2, 0) is 28.3 Å². The van der Waals surface area contributed by atoms with E-state index >= 15 is 0 Å². The molecule has 0 unspecified atom stereocenters. The number of benzene rings is 1. The maximum absolute atomic E-state index is 13.3. The fourth-order valence-electron chi connectivity index (χ4n) is 4.60. The second kappa shape index (κ2) is 7.06. The summed E-state index contributed by atoms with van der Waals surface area (Å²) in [6.07, 6.45) is 0.124. The molecule has 1 N–H and O–H groups in total. The van der Waals surface area contributed by atoms with Crippen molar-refractivity contribution in [3.05, 3.63) is 51.3 Å². The lowest BCUT2D eigenvalue weighted by Crippen LogP contribution is -2.44. The van der Waals surface area contributed by atoms with Crippen LogP contribution in [-0.4, -0.2) is 33.8 Å². The van der Waals surface area contributed by atoms with Gasteiger partial charge in [-0.05, 0) is 44.5 Å². The third-order valence-corrected chi connectivity index (χ3v) is 6.18. The van der Waals surface area contributed by atoms with Crippen LogP contribution in [0.5, 0.6) is 11.5 Å². The van der Waals surface area contributed by atoms with Crippen LogP contribution < -0.4 is 15.0 Å². The van der Waals surface area contributed by atoms with E-state index in [1.807, 2.05) is 32.0 Å². The second-order valence-corrected chi connectivity index (χ2v) is 8.42. The molecule has 8 nitrogen and oxygen atoms in total. The van der Waals surface area contributed by atoms with Crippen molar-refractivity contribution in [2.24, 2.45) is 0 Å². The fourth-order valence-corrected chi connectivity index (χ4v) is 4.60. The Kier molecular flexibility index (Phi) is 4.53. The highest BCUT2D eigenvalue weighted by molar-refractivity contribution is 5.92. The molecule has 0 aliphatic carbocycles. The first-order chi connectivity index (χ1) is 15.3. The van der Waals surface area contributed by atoms with Crippen LogP contribution in [0.25, 0.3) is 22.3 Å². The summed E-state index contributed by atoms with van der Waals surface area (Å²) >= 11 is 0. The SMILES string of the molecule is CC[C@@]1(O)C(=O)OCc2c1cc1n(c2=O)Cc2c-1nc1ccc(OC(C)C)cc1c2OC. The van der Waals surface area contributed by atoms with Crippen LogP contribution in [0.3, 0.4) is 0 Å². The number of methoxy groups -OCH3 is 1. The molecule has 2 aliphatic heterocycles. The predicted molar refractivity (Wildman–Crippen MR) is 117 cm³/mol. The maximum Gasteiger partial charge on any atom is 0.343 e. The van der Waals surface area contributed by atoms with Crippen molar-refractivity contribution >= 4 is 16.9 Å². The fraction of sp³-hybridized carbons (Fsp3) is 0.375. The van der Waals surface area contributed by atoms with Gasteiger partial charge in [0.25, 0.3) is 5.56 Å². The van der Waals surface area contributed by atoms with Gasteiger partial charge in [0.15, 0.2) is 5.60 Å². The van der Waals surface area contributed by atoms with E-state index in [0.717, 1.165) is 10.9 Å². The average Bonchev–Trinajstić information content (AvgIpc) is 3.13. The van der Waals surface area contributed by atoms with Crippen molar-refractivity contribution < 1.29 is 24.1 Å². The van der Waals surface area contributed by atoms with Crippen LogP contribution in [0, 0.1) is 0 Å². The Labute approximate surface area is 184 Å². The van der Waals surface area contributed by atoms with Crippen LogP contribution in [0.1, 0.15) is 43.9 Å². The van der Waals surface area contributed by atoms with E-state index in [1.54, 1.807) is 24.7 Å². The van der Waals surface area contributed by atoms with Gasteiger partial charge in [0.1, 0.15) is 18.1 Å². The molecule has 3 aromatic rings. The minimum atomic E-state index is -1.85. The summed E-state index contributed by atoms with van der Waals surface area (Å²) in [5.41, 5.74) is 1.05. The topological polar surface area (TPSA) is 99.9 Å². The Balaban J connectivity index is 1.76. The highest BCUT2D eigenvalue weighted by atomic mass is 16.6. The Morgan fingerprint density at radius 2 is 2.03 bits per heavy atom. The van der Waals surface area contributed by atoms with E-state index < -0.39 is 11.6 Å². The molecule has 0 spiro atoms. The number of hydrogen-bond donors (Lipinski definition) is 1. The summed E-state index contributed by atoms with van der Waals surface area (Å²) in [6.45, 7) is 5.71. The third-order valence-electron chi connectivity index (χ3n) is 6.18. The maximum atomic E-state index is 13.3. The molecule has 2 aromatic heterocycles. The third kappa shape index (κ3) is 2.75. The number of esters is 1. The van der Waals surface area contributed by atoms with E-state index in [-0.39, 0.29) is 31.2 Å². The number of nitrogens with zero attached hydrogens (tertiary/aromatic N) is 2. The number of pyridine rings is 2. The Bertz CT molecular complexity index is 1340. The number of carbonyl (C=O) groups excluding carboxylic acids is 1. The lowest BCUT2D eigenvalue weighted by Gasteiger charge is -2.31. The molecule has 5 rings (SSSR count). The van der Waals surface area contributed by atoms with Crippen molar-refractivity contribution in [2.45, 2.75) is 52.0 Å². The molecule has 0 saturated carbocycles. The number of hydrogen-bond acceptors (Lipinski definition) is 7. The first kappa shape index (κ1) is 20.5. The number of ether oxygens (including phenoxy) is 3. The molecular formula is C24H24N2O6. The number of aromatic nitrogens is 2. The van der Waals surface area contributed by atoms with Gasteiger partial charge in [-0.2, -0.15) is 0 Å². The minimum Gasteiger partial charge on any atom is -0.496 e. The molecule has 1 aromatic carbocycles. The molecule has 0 fully saturated rings. The van der Waals surface area contributed by atoms with Gasteiger partial charge < -0.3 is 23.9 Å². The molecule has 32 heavy (non-hydrogen) atoms. The molecule has 0 saturated heterocycles. The van der Waals surface area contributed by atoms with Crippen molar-refractivity contribution in [3.63, 3.8) is 0 Å². The van der Waals surface area contributed by atoms with Gasteiger partial charge >= 0.3 is 5.97 Å². The zero-order valence-electron chi connectivity index (χ0n) is 18.4.